The topological polar surface area (TPSA) is 104 Å². The Morgan fingerprint density at radius 1 is 0.913 bits per heavy atom. The first-order chi connectivity index (χ1) is 10.6. The maximum absolute atomic E-state index is 9.45. The molecule has 0 rings (SSSR count). The molecular weight excluding hydrogens is 386 g/mol. The van der Waals surface area contributed by atoms with Gasteiger partial charge in [-0.05, 0) is 58.2 Å². The number of hydrogen-bond donors (Lipinski definition) is 2. The first kappa shape index (κ1) is 25.8. The Kier molecular flexibility index (Phi) is 15.4. The first-order valence-electron chi connectivity index (χ1n) is 7.00. The van der Waals surface area contributed by atoms with Crippen molar-refractivity contribution < 1.29 is 37.4 Å². The van der Waals surface area contributed by atoms with Crippen LogP contribution in [0.4, 0.5) is 0 Å². The number of aliphatic carboxylic acids is 1. The molecule has 0 saturated heterocycles. The molecule has 1 unspecified atom stereocenters. The van der Waals surface area contributed by atoms with Crippen molar-refractivity contribution in [3.63, 3.8) is 0 Å². The van der Waals surface area contributed by atoms with Crippen LogP contribution < -0.4 is 0 Å². The molecular formula is C11H26O8P2S2. The molecule has 0 saturated carbocycles. The van der Waals surface area contributed by atoms with Crippen molar-refractivity contribution in [2.24, 2.45) is 0 Å². The van der Waals surface area contributed by atoms with Gasteiger partial charge in [0.2, 0.25) is 0 Å². The summed E-state index contributed by atoms with van der Waals surface area (Å²) in [5.74, 6) is -1.19. The van der Waals surface area contributed by atoms with Crippen molar-refractivity contribution in [2.45, 2.75) is 40.7 Å². The lowest BCUT2D eigenvalue weighted by atomic mass is 10.4. The third kappa shape index (κ3) is 13.5. The van der Waals surface area contributed by atoms with Gasteiger partial charge < -0.3 is 28.3 Å². The number of aliphatic hydroxyl groups is 1. The summed E-state index contributed by atoms with van der Waals surface area (Å²) in [5.41, 5.74) is 0. The SMILES string of the molecule is CC(O)C(=O)O.CCOP(=S)(OCC)OP(=S)(OCC)OCC. The van der Waals surface area contributed by atoms with Gasteiger partial charge in [0.15, 0.2) is 0 Å². The molecule has 0 aromatic heterocycles. The highest BCUT2D eigenvalue weighted by molar-refractivity contribution is 8.14. The minimum Gasteiger partial charge on any atom is -0.479 e. The molecule has 0 spiro atoms. The van der Waals surface area contributed by atoms with Crippen molar-refractivity contribution in [3.05, 3.63) is 0 Å². The third-order valence-electron chi connectivity index (χ3n) is 1.71. The van der Waals surface area contributed by atoms with E-state index < -0.39 is 25.5 Å². The molecule has 1 atom stereocenters. The normalized spacial score (nSPS) is 13.1. The Bertz CT molecular complexity index is 371. The van der Waals surface area contributed by atoms with Crippen LogP contribution in [0, 0.1) is 0 Å². The van der Waals surface area contributed by atoms with Crippen molar-refractivity contribution in [3.8, 4) is 0 Å². The van der Waals surface area contributed by atoms with Gasteiger partial charge in [-0.2, -0.15) is 0 Å². The Morgan fingerprint density at radius 2 is 1.13 bits per heavy atom. The van der Waals surface area contributed by atoms with E-state index in [1.165, 1.54) is 6.92 Å². The van der Waals surface area contributed by atoms with Crippen LogP contribution in [0.2, 0.25) is 0 Å². The Morgan fingerprint density at radius 3 is 1.26 bits per heavy atom. The molecule has 0 aliphatic rings. The van der Waals surface area contributed by atoms with E-state index in [9.17, 15) is 4.79 Å². The standard InChI is InChI=1S/C8H20O5P2S2.C3H6O3/c1-5-9-14(16,10-6-2)13-15(17,11-7-3)12-8-4;1-2(4)3(5)6/h5-8H2,1-4H3;2,4H,1H3,(H,5,6). The molecule has 0 aliphatic heterocycles. The molecule has 0 fully saturated rings. The number of rotatable bonds is 11. The fourth-order valence-electron chi connectivity index (χ4n) is 0.924. The lowest BCUT2D eigenvalue weighted by Gasteiger charge is -2.27. The van der Waals surface area contributed by atoms with E-state index in [4.69, 9.17) is 56.2 Å². The average Bonchev–Trinajstić information content (AvgIpc) is 2.39. The zero-order valence-corrected chi connectivity index (χ0v) is 17.4. The van der Waals surface area contributed by atoms with Crippen LogP contribution in [0.5, 0.6) is 0 Å². The lowest BCUT2D eigenvalue weighted by molar-refractivity contribution is -0.145. The van der Waals surface area contributed by atoms with E-state index >= 15 is 0 Å². The number of hydrogen-bond acceptors (Lipinski definition) is 9. The summed E-state index contributed by atoms with van der Waals surface area (Å²) in [4.78, 5) is 9.45. The molecule has 0 aliphatic carbocycles. The molecule has 2 N–H and O–H groups in total. The third-order valence-corrected chi connectivity index (χ3v) is 8.07. The fraction of sp³-hybridized carbons (Fsp3) is 0.909. The maximum atomic E-state index is 9.45. The van der Waals surface area contributed by atoms with Gasteiger partial charge in [-0.25, -0.2) is 9.11 Å². The molecule has 0 amide bonds. The van der Waals surface area contributed by atoms with Crippen LogP contribution in [-0.2, 0) is 50.8 Å². The second kappa shape index (κ2) is 13.8. The summed E-state index contributed by atoms with van der Waals surface area (Å²) in [7, 11) is 0. The van der Waals surface area contributed by atoms with E-state index in [2.05, 4.69) is 0 Å². The second-order valence-corrected chi connectivity index (χ2v) is 9.82. The monoisotopic (exact) mass is 412 g/mol. The number of aliphatic hydroxyl groups excluding tert-OH is 1. The summed E-state index contributed by atoms with van der Waals surface area (Å²) in [6, 6.07) is 0. The molecule has 0 radical (unpaired) electrons. The van der Waals surface area contributed by atoms with E-state index in [1.807, 2.05) is 27.7 Å². The minimum absolute atomic E-state index is 0.394. The van der Waals surface area contributed by atoms with Crippen LogP contribution in [0.1, 0.15) is 34.6 Å². The van der Waals surface area contributed by atoms with Crippen molar-refractivity contribution >= 4 is 43.0 Å². The Hall–Kier alpha value is 0.530. The highest BCUT2D eigenvalue weighted by Crippen LogP contribution is 2.66. The molecule has 23 heavy (non-hydrogen) atoms. The molecule has 12 heteroatoms. The predicted octanol–water partition coefficient (Wildman–Crippen LogP) is 3.05. The summed E-state index contributed by atoms with van der Waals surface area (Å²) in [5, 5.41) is 15.8. The number of carboxylic acid groups (broad SMARTS) is 1. The predicted molar refractivity (Wildman–Crippen MR) is 95.5 cm³/mol. The van der Waals surface area contributed by atoms with Gasteiger partial charge in [-0.15, -0.1) is 0 Å². The summed E-state index contributed by atoms with van der Waals surface area (Å²) >= 11 is 10.4. The van der Waals surface area contributed by atoms with Gasteiger partial charge in [-0.3, -0.25) is 0 Å². The molecule has 0 heterocycles. The van der Waals surface area contributed by atoms with Crippen LogP contribution in [0.25, 0.3) is 0 Å². The average molecular weight is 412 g/mol. The maximum Gasteiger partial charge on any atom is 0.334 e. The molecule has 0 bridgehead atoms. The largest absolute Gasteiger partial charge is 0.479 e. The summed E-state index contributed by atoms with van der Waals surface area (Å²) in [6.45, 7) is 4.28. The Balaban J connectivity index is 0. The van der Waals surface area contributed by atoms with Crippen LogP contribution in [-0.4, -0.2) is 48.7 Å². The van der Waals surface area contributed by atoms with Gasteiger partial charge >= 0.3 is 19.4 Å². The quantitative estimate of drug-likeness (QED) is 0.492. The zero-order valence-electron chi connectivity index (χ0n) is 14.0. The van der Waals surface area contributed by atoms with Crippen molar-refractivity contribution in [1.29, 1.82) is 0 Å². The highest BCUT2D eigenvalue weighted by Gasteiger charge is 2.31. The van der Waals surface area contributed by atoms with E-state index in [0.29, 0.717) is 26.4 Å². The summed E-state index contributed by atoms with van der Waals surface area (Å²) in [6.07, 6.45) is -1.23. The van der Waals surface area contributed by atoms with E-state index in [1.54, 1.807) is 0 Å². The van der Waals surface area contributed by atoms with Crippen molar-refractivity contribution in [1.82, 2.24) is 0 Å². The molecule has 0 aromatic rings. The van der Waals surface area contributed by atoms with Crippen LogP contribution >= 0.6 is 13.4 Å². The number of carboxylic acids is 1. The highest BCUT2D eigenvalue weighted by atomic mass is 32.5. The smallest absolute Gasteiger partial charge is 0.334 e. The summed E-state index contributed by atoms with van der Waals surface area (Å²) < 4.78 is 26.9. The molecule has 8 nitrogen and oxygen atoms in total. The van der Waals surface area contributed by atoms with Crippen LogP contribution in [0.3, 0.4) is 0 Å². The van der Waals surface area contributed by atoms with Crippen molar-refractivity contribution in [2.75, 3.05) is 26.4 Å². The van der Waals surface area contributed by atoms with Crippen LogP contribution in [0.15, 0.2) is 0 Å². The molecule has 0 aromatic carbocycles. The van der Waals surface area contributed by atoms with Gasteiger partial charge in [0.25, 0.3) is 0 Å². The first-order valence-corrected chi connectivity index (χ1v) is 12.1. The number of carbonyl (C=O) groups is 1. The Labute approximate surface area is 147 Å². The van der Waals surface area contributed by atoms with E-state index in [0.717, 1.165) is 0 Å². The van der Waals surface area contributed by atoms with Gasteiger partial charge in [0.05, 0.1) is 26.4 Å². The lowest BCUT2D eigenvalue weighted by Crippen LogP contribution is -2.13. The minimum atomic E-state index is -2.87. The zero-order chi connectivity index (χ0) is 18.5. The second-order valence-electron chi connectivity index (χ2n) is 3.66. The van der Waals surface area contributed by atoms with Gasteiger partial charge in [0, 0.05) is 0 Å². The molecule has 140 valence electrons. The van der Waals surface area contributed by atoms with Gasteiger partial charge in [0.1, 0.15) is 6.10 Å². The fourth-order valence-corrected chi connectivity index (χ4v) is 7.30. The van der Waals surface area contributed by atoms with Gasteiger partial charge in [-0.1, -0.05) is 0 Å². The van der Waals surface area contributed by atoms with E-state index in [-0.39, 0.29) is 0 Å².